The fourth-order valence-electron chi connectivity index (χ4n) is 3.41. The van der Waals surface area contributed by atoms with Crippen LogP contribution in [-0.4, -0.2) is 24.8 Å². The smallest absolute Gasteiger partial charge is 0.0576 e. The van der Waals surface area contributed by atoms with Crippen LogP contribution in [0.3, 0.4) is 0 Å². The minimum absolute atomic E-state index is 0.548. The lowest BCUT2D eigenvalue weighted by Crippen LogP contribution is -2.41. The van der Waals surface area contributed by atoms with Gasteiger partial charge in [0.05, 0.1) is 6.10 Å². The molecule has 0 radical (unpaired) electrons. The van der Waals surface area contributed by atoms with E-state index >= 15 is 0 Å². The summed E-state index contributed by atoms with van der Waals surface area (Å²) >= 11 is 0. The number of ether oxygens (including phenoxy) is 1. The molecule has 2 heteroatoms. The van der Waals surface area contributed by atoms with Crippen LogP contribution in [0.4, 0.5) is 0 Å². The number of nitrogens with one attached hydrogen (secondary N) is 1. The zero-order valence-electron chi connectivity index (χ0n) is 11.4. The van der Waals surface area contributed by atoms with Crippen LogP contribution >= 0.6 is 0 Å². The molecule has 0 unspecified atom stereocenters. The average Bonchev–Trinajstić information content (AvgIpc) is 2.61. The molecule has 0 aliphatic heterocycles. The molecule has 0 bridgehead atoms. The molecule has 1 N–H and O–H groups in total. The third-order valence-electron chi connectivity index (χ3n) is 4.40. The predicted octanol–water partition coefficient (Wildman–Crippen LogP) is 3.65. The minimum Gasteiger partial charge on any atom is -0.379 e. The van der Waals surface area contributed by atoms with Crippen LogP contribution in [0.5, 0.6) is 0 Å². The van der Waals surface area contributed by atoms with Crippen LogP contribution in [-0.2, 0) is 4.74 Å². The first kappa shape index (κ1) is 13.4. The maximum atomic E-state index is 5.71. The quantitative estimate of drug-likeness (QED) is 0.756. The van der Waals surface area contributed by atoms with Gasteiger partial charge in [-0.15, -0.1) is 0 Å². The Labute approximate surface area is 107 Å². The van der Waals surface area contributed by atoms with Crippen LogP contribution in [0.25, 0.3) is 0 Å². The van der Waals surface area contributed by atoms with Gasteiger partial charge in [-0.05, 0) is 45.4 Å². The predicted molar refractivity (Wildman–Crippen MR) is 72.3 cm³/mol. The van der Waals surface area contributed by atoms with Gasteiger partial charge >= 0.3 is 0 Å². The summed E-state index contributed by atoms with van der Waals surface area (Å²) < 4.78 is 5.71. The van der Waals surface area contributed by atoms with Crippen molar-refractivity contribution < 1.29 is 4.74 Å². The van der Waals surface area contributed by atoms with E-state index in [2.05, 4.69) is 12.2 Å². The minimum atomic E-state index is 0.548. The number of rotatable bonds is 4. The summed E-state index contributed by atoms with van der Waals surface area (Å²) in [5.41, 5.74) is 0. The van der Waals surface area contributed by atoms with E-state index in [1.807, 2.05) is 0 Å². The molecule has 100 valence electrons. The highest BCUT2D eigenvalue weighted by atomic mass is 16.5. The molecule has 2 aliphatic rings. The Morgan fingerprint density at radius 3 is 2.00 bits per heavy atom. The summed E-state index contributed by atoms with van der Waals surface area (Å²) in [7, 11) is 0. The van der Waals surface area contributed by atoms with Crippen LogP contribution in [0, 0.1) is 0 Å². The van der Waals surface area contributed by atoms with Crippen molar-refractivity contribution in [2.24, 2.45) is 0 Å². The van der Waals surface area contributed by atoms with E-state index < -0.39 is 0 Å². The monoisotopic (exact) mass is 239 g/mol. The summed E-state index contributed by atoms with van der Waals surface area (Å²) in [5, 5.41) is 3.90. The third kappa shape index (κ3) is 4.59. The molecular formula is C15H29NO. The maximum absolute atomic E-state index is 5.71. The van der Waals surface area contributed by atoms with Crippen LogP contribution in [0.1, 0.15) is 71.1 Å². The Morgan fingerprint density at radius 1 is 0.824 bits per heavy atom. The first-order valence-corrected chi connectivity index (χ1v) is 7.76. The van der Waals surface area contributed by atoms with E-state index in [4.69, 9.17) is 4.74 Å². The van der Waals surface area contributed by atoms with Gasteiger partial charge in [0.2, 0.25) is 0 Å². The molecule has 2 rings (SSSR count). The molecule has 0 heterocycles. The molecule has 17 heavy (non-hydrogen) atoms. The van der Waals surface area contributed by atoms with E-state index in [-0.39, 0.29) is 0 Å². The second kappa shape index (κ2) is 7.38. The Morgan fingerprint density at radius 2 is 1.41 bits per heavy atom. The maximum Gasteiger partial charge on any atom is 0.0576 e. The van der Waals surface area contributed by atoms with E-state index in [1.165, 1.54) is 64.2 Å². The third-order valence-corrected chi connectivity index (χ3v) is 4.40. The van der Waals surface area contributed by atoms with Crippen molar-refractivity contribution in [3.05, 3.63) is 0 Å². The van der Waals surface area contributed by atoms with Gasteiger partial charge in [-0.3, -0.25) is 0 Å². The second-order valence-electron chi connectivity index (χ2n) is 5.78. The highest BCUT2D eigenvalue weighted by Crippen LogP contribution is 2.24. The molecule has 0 aromatic heterocycles. The van der Waals surface area contributed by atoms with Gasteiger partial charge in [-0.2, -0.15) is 0 Å². The number of hydrogen-bond acceptors (Lipinski definition) is 2. The van der Waals surface area contributed by atoms with E-state index in [1.54, 1.807) is 0 Å². The molecule has 0 atom stereocenters. The summed E-state index contributed by atoms with van der Waals surface area (Å²) in [4.78, 5) is 0. The summed E-state index contributed by atoms with van der Waals surface area (Å²) in [5.74, 6) is 0. The van der Waals surface area contributed by atoms with Gasteiger partial charge in [-0.25, -0.2) is 0 Å². The normalized spacial score (nSPS) is 32.3. The van der Waals surface area contributed by atoms with Gasteiger partial charge in [0.1, 0.15) is 0 Å². The lowest BCUT2D eigenvalue weighted by Gasteiger charge is -2.31. The topological polar surface area (TPSA) is 21.3 Å². The van der Waals surface area contributed by atoms with Gasteiger partial charge < -0.3 is 10.1 Å². The van der Waals surface area contributed by atoms with Crippen molar-refractivity contribution in [3.63, 3.8) is 0 Å². The lowest BCUT2D eigenvalue weighted by molar-refractivity contribution is 0.0292. The summed E-state index contributed by atoms with van der Waals surface area (Å²) in [6, 6.07) is 1.58. The molecule has 0 saturated heterocycles. The Bertz CT molecular complexity index is 191. The van der Waals surface area contributed by atoms with E-state index in [0.29, 0.717) is 6.10 Å². The van der Waals surface area contributed by atoms with Crippen LogP contribution in [0.2, 0.25) is 0 Å². The van der Waals surface area contributed by atoms with Crippen molar-refractivity contribution in [1.82, 2.24) is 5.32 Å². The first-order valence-electron chi connectivity index (χ1n) is 7.76. The van der Waals surface area contributed by atoms with Crippen LogP contribution < -0.4 is 5.32 Å². The average molecular weight is 239 g/mol. The Balaban J connectivity index is 1.66. The van der Waals surface area contributed by atoms with Crippen molar-refractivity contribution in [2.45, 2.75) is 89.3 Å². The molecule has 2 fully saturated rings. The van der Waals surface area contributed by atoms with Gasteiger partial charge in [0.15, 0.2) is 0 Å². The molecule has 2 nitrogen and oxygen atoms in total. The van der Waals surface area contributed by atoms with Crippen LogP contribution in [0.15, 0.2) is 0 Å². The fraction of sp³-hybridized carbons (Fsp3) is 1.00. The molecule has 0 aromatic carbocycles. The zero-order valence-corrected chi connectivity index (χ0v) is 11.4. The largest absolute Gasteiger partial charge is 0.379 e. The van der Waals surface area contributed by atoms with Gasteiger partial charge in [-0.1, -0.05) is 25.7 Å². The standard InChI is InChI=1S/C15H29NO/c1-2-17-15-11-9-14(10-12-15)16-13-7-5-3-4-6-8-13/h13-16H,2-12H2,1H3. The molecule has 2 aliphatic carbocycles. The van der Waals surface area contributed by atoms with Gasteiger partial charge in [0, 0.05) is 18.7 Å². The number of hydrogen-bond donors (Lipinski definition) is 1. The zero-order chi connectivity index (χ0) is 11.9. The highest BCUT2D eigenvalue weighted by Gasteiger charge is 2.23. The molecular weight excluding hydrogens is 210 g/mol. The highest BCUT2D eigenvalue weighted by molar-refractivity contribution is 4.81. The molecule has 0 spiro atoms. The molecule has 0 aromatic rings. The SMILES string of the molecule is CCOC1CCC(NC2CCCCCC2)CC1. The lowest BCUT2D eigenvalue weighted by atomic mass is 9.92. The Kier molecular flexibility index (Phi) is 5.79. The van der Waals surface area contributed by atoms with Crippen molar-refractivity contribution in [2.75, 3.05) is 6.61 Å². The molecule has 0 amide bonds. The summed E-state index contributed by atoms with van der Waals surface area (Å²) in [6.07, 6.45) is 14.3. The van der Waals surface area contributed by atoms with Crippen molar-refractivity contribution >= 4 is 0 Å². The van der Waals surface area contributed by atoms with E-state index in [0.717, 1.165) is 18.7 Å². The Hall–Kier alpha value is -0.0800. The molecule has 2 saturated carbocycles. The van der Waals surface area contributed by atoms with Crippen molar-refractivity contribution in [3.8, 4) is 0 Å². The van der Waals surface area contributed by atoms with E-state index in [9.17, 15) is 0 Å². The second-order valence-corrected chi connectivity index (χ2v) is 5.78. The first-order chi connectivity index (χ1) is 8.38. The van der Waals surface area contributed by atoms with Gasteiger partial charge in [0.25, 0.3) is 0 Å². The fourth-order valence-corrected chi connectivity index (χ4v) is 3.41. The van der Waals surface area contributed by atoms with Crippen molar-refractivity contribution in [1.29, 1.82) is 0 Å². The summed E-state index contributed by atoms with van der Waals surface area (Å²) in [6.45, 7) is 2.99.